The fourth-order valence-corrected chi connectivity index (χ4v) is 12.9. The van der Waals surface area contributed by atoms with Crippen molar-refractivity contribution in [3.63, 3.8) is 0 Å². The molecular formula is C50H92O4S4. The first-order valence-corrected chi connectivity index (χ1v) is 28.2. The maximum Gasteiger partial charge on any atom is 0.0788 e. The van der Waals surface area contributed by atoms with E-state index in [2.05, 4.69) is 27.7 Å². The van der Waals surface area contributed by atoms with Crippen LogP contribution in [0.4, 0.5) is 0 Å². The summed E-state index contributed by atoms with van der Waals surface area (Å²) in [4.78, 5) is 5.43. The van der Waals surface area contributed by atoms with E-state index in [-0.39, 0.29) is 0 Å². The van der Waals surface area contributed by atoms with Crippen molar-refractivity contribution >= 4 is 47.0 Å². The van der Waals surface area contributed by atoms with Gasteiger partial charge in [0.1, 0.15) is 0 Å². The maximum absolute atomic E-state index is 6.35. The number of ether oxygens (including phenoxy) is 4. The van der Waals surface area contributed by atoms with E-state index >= 15 is 0 Å². The highest BCUT2D eigenvalue weighted by atomic mass is 32.2. The largest absolute Gasteiger partial charge is 0.376 e. The Kier molecular flexibility index (Phi) is 39.0. The molecule has 0 saturated carbocycles. The lowest BCUT2D eigenvalue weighted by molar-refractivity contribution is 0.146. The van der Waals surface area contributed by atoms with Gasteiger partial charge >= 0.3 is 0 Å². The number of rotatable bonds is 44. The van der Waals surface area contributed by atoms with Crippen LogP contribution in [-0.2, 0) is 18.9 Å². The standard InChI is InChI=1S/C50H92O4S4/c1-5-9-13-17-21-25-29-33-37-51-41-45-46(42-52-38-34-30-26-22-18-14-10-6-2)56-49(55-45)50-57-47(43-53-39-35-31-27-23-19-15-11-7-3)48(58-50)44-54-40-36-32-28-24-20-16-12-8-4/h5-44H2,1-4H3. The molecule has 0 radical (unpaired) electrons. The van der Waals surface area contributed by atoms with Crippen LogP contribution in [0.3, 0.4) is 0 Å². The molecule has 0 aromatic carbocycles. The number of hydrogen-bond acceptors (Lipinski definition) is 8. The summed E-state index contributed by atoms with van der Waals surface area (Å²) in [6.07, 6.45) is 42.6. The number of unbranched alkanes of at least 4 members (excludes halogenated alkanes) is 28. The van der Waals surface area contributed by atoms with Gasteiger partial charge in [-0.3, -0.25) is 0 Å². The summed E-state index contributed by atoms with van der Waals surface area (Å²) in [5, 5.41) is 0. The molecule has 0 bridgehead atoms. The summed E-state index contributed by atoms with van der Waals surface area (Å²) in [7, 11) is 0. The summed E-state index contributed by atoms with van der Waals surface area (Å²) >= 11 is 7.75. The van der Waals surface area contributed by atoms with Crippen LogP contribution in [0.2, 0.25) is 0 Å². The Morgan fingerprint density at radius 1 is 0.241 bits per heavy atom. The SMILES string of the molecule is CCCCCCCCCCOCC1=C(COCCCCCCCCCC)SC(=C2SC(COCCCCCCCCCC)=C(COCCCCCCCCCC)S2)S1. The normalized spacial score (nSPS) is 14.7. The zero-order valence-corrected chi connectivity index (χ0v) is 41.8. The molecule has 0 aliphatic carbocycles. The van der Waals surface area contributed by atoms with Crippen LogP contribution < -0.4 is 0 Å². The van der Waals surface area contributed by atoms with Crippen molar-refractivity contribution in [3.8, 4) is 0 Å². The predicted molar refractivity (Wildman–Crippen MR) is 265 cm³/mol. The summed E-state index contributed by atoms with van der Waals surface area (Å²) < 4.78 is 28.2. The molecule has 0 aromatic heterocycles. The maximum atomic E-state index is 6.35. The van der Waals surface area contributed by atoms with Crippen LogP contribution in [-0.4, -0.2) is 52.9 Å². The van der Waals surface area contributed by atoms with E-state index in [1.165, 1.54) is 208 Å². The van der Waals surface area contributed by atoms with E-state index in [1.807, 2.05) is 47.0 Å². The van der Waals surface area contributed by atoms with Gasteiger partial charge < -0.3 is 18.9 Å². The average Bonchev–Trinajstić information content (AvgIpc) is 3.84. The van der Waals surface area contributed by atoms with E-state index < -0.39 is 0 Å². The molecule has 2 rings (SSSR count). The minimum Gasteiger partial charge on any atom is -0.376 e. The molecule has 0 unspecified atom stereocenters. The van der Waals surface area contributed by atoms with Crippen molar-refractivity contribution in [1.29, 1.82) is 0 Å². The van der Waals surface area contributed by atoms with Crippen LogP contribution >= 0.6 is 47.0 Å². The number of hydrogen-bond donors (Lipinski definition) is 0. The lowest BCUT2D eigenvalue weighted by Crippen LogP contribution is -2.02. The lowest BCUT2D eigenvalue weighted by atomic mass is 10.1. The van der Waals surface area contributed by atoms with Gasteiger partial charge in [-0.2, -0.15) is 0 Å². The summed E-state index contributed by atoms with van der Waals surface area (Å²) in [6, 6.07) is 0. The Morgan fingerprint density at radius 3 is 0.603 bits per heavy atom. The minimum atomic E-state index is 0.702. The van der Waals surface area contributed by atoms with Crippen LogP contribution in [0.1, 0.15) is 233 Å². The zero-order chi connectivity index (χ0) is 41.4. The van der Waals surface area contributed by atoms with E-state index in [9.17, 15) is 0 Å². The fourth-order valence-electron chi connectivity index (χ4n) is 7.33. The van der Waals surface area contributed by atoms with Gasteiger partial charge in [-0.1, -0.05) is 255 Å². The van der Waals surface area contributed by atoms with Crippen LogP contribution in [0.15, 0.2) is 28.1 Å². The first-order chi connectivity index (χ1) is 28.7. The Balaban J connectivity index is 1.92. The highest BCUT2D eigenvalue weighted by Gasteiger charge is 2.30. The molecule has 0 aromatic rings. The molecule has 2 heterocycles. The third-order valence-electron chi connectivity index (χ3n) is 11.2. The fraction of sp³-hybridized carbons (Fsp3) is 0.880. The predicted octanol–water partition coefficient (Wildman–Crippen LogP) is 18.1. The summed E-state index contributed by atoms with van der Waals surface area (Å²) in [5.41, 5.74) is 0. The van der Waals surface area contributed by atoms with Gasteiger partial charge in [-0.15, -0.1) is 0 Å². The van der Waals surface area contributed by atoms with Crippen molar-refractivity contribution in [2.45, 2.75) is 233 Å². The van der Waals surface area contributed by atoms with Crippen LogP contribution in [0.25, 0.3) is 0 Å². The quantitative estimate of drug-likeness (QED) is 0.0560. The Labute approximate surface area is 377 Å². The molecule has 2 aliphatic heterocycles. The van der Waals surface area contributed by atoms with Gasteiger partial charge in [0.2, 0.25) is 0 Å². The van der Waals surface area contributed by atoms with Gasteiger partial charge in [0, 0.05) is 46.0 Å². The first-order valence-electron chi connectivity index (χ1n) is 24.9. The van der Waals surface area contributed by atoms with E-state index in [4.69, 9.17) is 18.9 Å². The third-order valence-corrected chi connectivity index (χ3v) is 16.9. The molecule has 4 nitrogen and oxygen atoms in total. The molecular weight excluding hydrogens is 793 g/mol. The van der Waals surface area contributed by atoms with Crippen LogP contribution in [0, 0.1) is 0 Å². The van der Waals surface area contributed by atoms with Gasteiger partial charge in [-0.05, 0) is 25.7 Å². The second-order valence-electron chi connectivity index (χ2n) is 16.8. The molecule has 58 heavy (non-hydrogen) atoms. The van der Waals surface area contributed by atoms with Gasteiger partial charge in [0.15, 0.2) is 0 Å². The van der Waals surface area contributed by atoms with E-state index in [1.54, 1.807) is 0 Å². The van der Waals surface area contributed by atoms with Crippen molar-refractivity contribution < 1.29 is 18.9 Å². The molecule has 0 atom stereocenters. The smallest absolute Gasteiger partial charge is 0.0788 e. The molecule has 8 heteroatoms. The second-order valence-corrected chi connectivity index (χ2v) is 21.7. The van der Waals surface area contributed by atoms with Crippen molar-refractivity contribution in [2.24, 2.45) is 0 Å². The molecule has 0 N–H and O–H groups in total. The highest BCUT2D eigenvalue weighted by molar-refractivity contribution is 8.34. The van der Waals surface area contributed by atoms with Crippen molar-refractivity contribution in [2.75, 3.05) is 52.9 Å². The summed E-state index contributed by atoms with van der Waals surface area (Å²) in [6.45, 7) is 15.4. The van der Waals surface area contributed by atoms with Gasteiger partial charge in [0.25, 0.3) is 0 Å². The Hall–Kier alpha value is 0.460. The molecule has 2 aliphatic rings. The van der Waals surface area contributed by atoms with Crippen molar-refractivity contribution in [1.82, 2.24) is 0 Å². The molecule has 0 fully saturated rings. The monoisotopic (exact) mass is 885 g/mol. The van der Waals surface area contributed by atoms with E-state index in [0.717, 1.165) is 52.1 Å². The number of thioether (sulfide) groups is 4. The third kappa shape index (κ3) is 29.7. The molecule has 340 valence electrons. The van der Waals surface area contributed by atoms with Crippen LogP contribution in [0.5, 0.6) is 0 Å². The summed E-state index contributed by atoms with van der Waals surface area (Å²) in [5.74, 6) is 0. The van der Waals surface area contributed by atoms with E-state index in [0.29, 0.717) is 26.4 Å². The highest BCUT2D eigenvalue weighted by Crippen LogP contribution is 2.60. The zero-order valence-electron chi connectivity index (χ0n) is 38.6. The first kappa shape index (κ1) is 54.6. The second kappa shape index (κ2) is 41.5. The lowest BCUT2D eigenvalue weighted by Gasteiger charge is -2.08. The molecule has 0 amide bonds. The Bertz CT molecular complexity index is 889. The molecule has 0 saturated heterocycles. The molecule has 0 spiro atoms. The van der Waals surface area contributed by atoms with Crippen molar-refractivity contribution in [3.05, 3.63) is 28.1 Å². The topological polar surface area (TPSA) is 36.9 Å². The minimum absolute atomic E-state index is 0.702. The Morgan fingerprint density at radius 2 is 0.414 bits per heavy atom. The average molecular weight is 886 g/mol. The van der Waals surface area contributed by atoms with Gasteiger partial charge in [0.05, 0.1) is 34.9 Å². The van der Waals surface area contributed by atoms with Gasteiger partial charge in [-0.25, -0.2) is 0 Å².